The molecular formula is C18H24O3. The number of ether oxygens (including phenoxy) is 1. The van der Waals surface area contributed by atoms with E-state index in [4.69, 9.17) is 9.84 Å². The molecule has 0 aliphatic heterocycles. The van der Waals surface area contributed by atoms with E-state index in [0.29, 0.717) is 6.61 Å². The van der Waals surface area contributed by atoms with E-state index in [2.05, 4.69) is 6.07 Å². The molecule has 0 heterocycles. The fourth-order valence-corrected chi connectivity index (χ4v) is 2.49. The van der Waals surface area contributed by atoms with Crippen LogP contribution in [0.1, 0.15) is 44.3 Å². The largest absolute Gasteiger partial charge is 0.493 e. The van der Waals surface area contributed by atoms with Gasteiger partial charge in [-0.2, -0.15) is 0 Å². The Bertz CT molecular complexity index is 563. The Morgan fingerprint density at radius 1 is 1.00 bits per heavy atom. The SMILES string of the molecule is CC(O)c1ccc2ccccc2c1OCCCCCCO. The van der Waals surface area contributed by atoms with E-state index in [-0.39, 0.29) is 6.61 Å². The van der Waals surface area contributed by atoms with Crippen molar-refractivity contribution in [3.8, 4) is 5.75 Å². The molecule has 0 aromatic heterocycles. The molecule has 3 nitrogen and oxygen atoms in total. The van der Waals surface area contributed by atoms with E-state index in [1.165, 1.54) is 0 Å². The number of rotatable bonds is 8. The lowest BCUT2D eigenvalue weighted by molar-refractivity contribution is 0.191. The normalized spacial score (nSPS) is 12.5. The van der Waals surface area contributed by atoms with Crippen molar-refractivity contribution in [2.45, 2.75) is 38.7 Å². The van der Waals surface area contributed by atoms with Crippen LogP contribution in [0, 0.1) is 0 Å². The molecule has 0 radical (unpaired) electrons. The highest BCUT2D eigenvalue weighted by atomic mass is 16.5. The first-order chi connectivity index (χ1) is 10.2. The van der Waals surface area contributed by atoms with Crippen molar-refractivity contribution in [2.75, 3.05) is 13.2 Å². The van der Waals surface area contributed by atoms with Crippen molar-refractivity contribution < 1.29 is 14.9 Å². The van der Waals surface area contributed by atoms with Crippen LogP contribution in [0.2, 0.25) is 0 Å². The molecule has 2 rings (SSSR count). The molecule has 1 unspecified atom stereocenters. The minimum Gasteiger partial charge on any atom is -0.493 e. The Morgan fingerprint density at radius 2 is 1.76 bits per heavy atom. The van der Waals surface area contributed by atoms with Gasteiger partial charge in [-0.1, -0.05) is 42.8 Å². The molecule has 2 aromatic carbocycles. The molecule has 0 fully saturated rings. The van der Waals surface area contributed by atoms with Crippen molar-refractivity contribution in [2.24, 2.45) is 0 Å². The lowest BCUT2D eigenvalue weighted by Crippen LogP contribution is -2.03. The highest BCUT2D eigenvalue weighted by molar-refractivity contribution is 5.89. The zero-order chi connectivity index (χ0) is 15.1. The van der Waals surface area contributed by atoms with Crippen LogP contribution in [-0.4, -0.2) is 23.4 Å². The van der Waals surface area contributed by atoms with Crippen molar-refractivity contribution in [1.82, 2.24) is 0 Å². The van der Waals surface area contributed by atoms with Gasteiger partial charge in [-0.15, -0.1) is 0 Å². The number of aliphatic hydroxyl groups is 2. The molecule has 1 atom stereocenters. The van der Waals surface area contributed by atoms with Crippen molar-refractivity contribution >= 4 is 10.8 Å². The predicted octanol–water partition coefficient (Wildman–Crippen LogP) is 3.82. The van der Waals surface area contributed by atoms with E-state index in [0.717, 1.165) is 47.8 Å². The second-order valence-corrected chi connectivity index (χ2v) is 5.37. The van der Waals surface area contributed by atoms with Gasteiger partial charge in [0.1, 0.15) is 5.75 Å². The molecule has 0 aliphatic carbocycles. The van der Waals surface area contributed by atoms with Crippen LogP contribution in [-0.2, 0) is 0 Å². The number of hydrogen-bond donors (Lipinski definition) is 2. The first-order valence-corrected chi connectivity index (χ1v) is 7.67. The molecule has 3 heteroatoms. The van der Waals surface area contributed by atoms with Crippen LogP contribution in [0.5, 0.6) is 5.75 Å². The minimum atomic E-state index is -0.543. The molecule has 0 saturated heterocycles. The smallest absolute Gasteiger partial charge is 0.132 e. The van der Waals surface area contributed by atoms with Gasteiger partial charge < -0.3 is 14.9 Å². The van der Waals surface area contributed by atoms with Gasteiger partial charge in [-0.25, -0.2) is 0 Å². The number of hydrogen-bond acceptors (Lipinski definition) is 3. The zero-order valence-corrected chi connectivity index (χ0v) is 12.6. The highest BCUT2D eigenvalue weighted by Crippen LogP contribution is 2.33. The van der Waals surface area contributed by atoms with E-state index in [9.17, 15) is 5.11 Å². The topological polar surface area (TPSA) is 49.7 Å². The molecule has 2 aromatic rings. The van der Waals surface area contributed by atoms with E-state index < -0.39 is 6.10 Å². The van der Waals surface area contributed by atoms with E-state index in [1.54, 1.807) is 6.92 Å². The minimum absolute atomic E-state index is 0.260. The lowest BCUT2D eigenvalue weighted by atomic mass is 10.0. The van der Waals surface area contributed by atoms with Gasteiger partial charge >= 0.3 is 0 Å². The van der Waals surface area contributed by atoms with Crippen molar-refractivity contribution in [3.63, 3.8) is 0 Å². The third-order valence-corrected chi connectivity index (χ3v) is 3.66. The molecule has 21 heavy (non-hydrogen) atoms. The maximum absolute atomic E-state index is 9.93. The van der Waals surface area contributed by atoms with E-state index in [1.807, 2.05) is 30.3 Å². The third kappa shape index (κ3) is 4.19. The number of unbranched alkanes of at least 4 members (excludes halogenated alkanes) is 3. The van der Waals surface area contributed by atoms with Crippen molar-refractivity contribution in [1.29, 1.82) is 0 Å². The van der Waals surface area contributed by atoms with Crippen LogP contribution < -0.4 is 4.74 Å². The number of fused-ring (bicyclic) bond motifs is 1. The van der Waals surface area contributed by atoms with Crippen LogP contribution in [0.4, 0.5) is 0 Å². The van der Waals surface area contributed by atoms with Gasteiger partial charge in [0.2, 0.25) is 0 Å². The van der Waals surface area contributed by atoms with Gasteiger partial charge in [0, 0.05) is 17.6 Å². The second kappa shape index (κ2) is 8.01. The van der Waals surface area contributed by atoms with Crippen LogP contribution in [0.15, 0.2) is 36.4 Å². The quantitative estimate of drug-likeness (QED) is 0.726. The summed E-state index contributed by atoms with van der Waals surface area (Å²) < 4.78 is 5.97. The summed E-state index contributed by atoms with van der Waals surface area (Å²) in [7, 11) is 0. The fraction of sp³-hybridized carbons (Fsp3) is 0.444. The Hall–Kier alpha value is -1.58. The average molecular weight is 288 g/mol. The van der Waals surface area contributed by atoms with Gasteiger partial charge in [-0.3, -0.25) is 0 Å². The van der Waals surface area contributed by atoms with Gasteiger partial charge in [0.15, 0.2) is 0 Å². The summed E-state index contributed by atoms with van der Waals surface area (Å²) in [6.07, 6.45) is 3.35. The third-order valence-electron chi connectivity index (χ3n) is 3.66. The summed E-state index contributed by atoms with van der Waals surface area (Å²) in [4.78, 5) is 0. The maximum Gasteiger partial charge on any atom is 0.132 e. The van der Waals surface area contributed by atoms with Crippen molar-refractivity contribution in [3.05, 3.63) is 42.0 Å². The summed E-state index contributed by atoms with van der Waals surface area (Å²) in [6, 6.07) is 12.0. The van der Waals surface area contributed by atoms with Crippen LogP contribution in [0.25, 0.3) is 10.8 Å². The monoisotopic (exact) mass is 288 g/mol. The van der Waals surface area contributed by atoms with E-state index >= 15 is 0 Å². The second-order valence-electron chi connectivity index (χ2n) is 5.37. The molecule has 0 amide bonds. The Kier molecular flexibility index (Phi) is 6.03. The molecular weight excluding hydrogens is 264 g/mol. The molecule has 0 spiro atoms. The van der Waals surface area contributed by atoms with Crippen LogP contribution >= 0.6 is 0 Å². The lowest BCUT2D eigenvalue weighted by Gasteiger charge is -2.16. The summed E-state index contributed by atoms with van der Waals surface area (Å²) >= 11 is 0. The summed E-state index contributed by atoms with van der Waals surface area (Å²) in [5.41, 5.74) is 0.837. The molecule has 0 saturated carbocycles. The Balaban J connectivity index is 2.10. The standard InChI is InChI=1S/C18H24O3/c1-14(20)16-11-10-15-8-4-5-9-17(15)18(16)21-13-7-3-2-6-12-19/h4-5,8-11,14,19-20H,2-3,6-7,12-13H2,1H3. The highest BCUT2D eigenvalue weighted by Gasteiger charge is 2.12. The zero-order valence-electron chi connectivity index (χ0n) is 12.6. The summed E-state index contributed by atoms with van der Waals surface area (Å²) in [6.45, 7) is 2.66. The molecule has 114 valence electrons. The summed E-state index contributed by atoms with van der Waals surface area (Å²) in [5, 5.41) is 20.9. The fourth-order valence-electron chi connectivity index (χ4n) is 2.49. The first kappa shape index (κ1) is 15.8. The maximum atomic E-state index is 9.93. The Labute approximate surface area is 126 Å². The molecule has 0 aliphatic rings. The molecule has 2 N–H and O–H groups in total. The number of benzene rings is 2. The van der Waals surface area contributed by atoms with Gasteiger partial charge in [0.05, 0.1) is 12.7 Å². The van der Waals surface area contributed by atoms with Gasteiger partial charge in [-0.05, 0) is 31.6 Å². The molecule has 0 bridgehead atoms. The Morgan fingerprint density at radius 3 is 2.52 bits per heavy atom. The van der Waals surface area contributed by atoms with Gasteiger partial charge in [0.25, 0.3) is 0 Å². The number of aliphatic hydroxyl groups excluding tert-OH is 2. The predicted molar refractivity (Wildman–Crippen MR) is 85.6 cm³/mol. The summed E-state index contributed by atoms with van der Waals surface area (Å²) in [5.74, 6) is 0.797. The average Bonchev–Trinajstić information content (AvgIpc) is 2.50. The first-order valence-electron chi connectivity index (χ1n) is 7.67. The van der Waals surface area contributed by atoms with Crippen LogP contribution in [0.3, 0.4) is 0 Å².